The predicted molar refractivity (Wildman–Crippen MR) is 109 cm³/mol. The summed E-state index contributed by atoms with van der Waals surface area (Å²) in [7, 11) is 0. The van der Waals surface area contributed by atoms with Gasteiger partial charge in [0, 0.05) is 18.8 Å². The minimum atomic E-state index is -4.68. The maximum atomic E-state index is 12.8. The summed E-state index contributed by atoms with van der Waals surface area (Å²) in [5.41, 5.74) is 0.0347. The van der Waals surface area contributed by atoms with Crippen LogP contribution in [0, 0.1) is 10.1 Å². The number of hydrogen-bond donors (Lipinski definition) is 1. The Morgan fingerprint density at radius 3 is 2.61 bits per heavy atom. The van der Waals surface area contributed by atoms with Gasteiger partial charge in [-0.25, -0.2) is 4.68 Å². The summed E-state index contributed by atoms with van der Waals surface area (Å²) in [4.78, 5) is 22.2. The Hall–Kier alpha value is -3.34. The monoisotopic (exact) mass is 450 g/mol. The van der Waals surface area contributed by atoms with Crippen molar-refractivity contribution in [2.45, 2.75) is 17.5 Å². The first-order valence-electron chi connectivity index (χ1n) is 9.08. The first-order chi connectivity index (χ1) is 14.7. The Labute approximate surface area is 179 Å². The number of aromatic nitrogens is 2. The van der Waals surface area contributed by atoms with Crippen molar-refractivity contribution in [3.8, 4) is 5.69 Å². The second-order valence-electron chi connectivity index (χ2n) is 6.45. The summed E-state index contributed by atoms with van der Waals surface area (Å²) in [6.07, 6.45) is -0.607. The Kier molecular flexibility index (Phi) is 6.95. The number of alkyl halides is 3. The molecule has 1 aromatic heterocycles. The van der Waals surface area contributed by atoms with Crippen LogP contribution in [-0.2, 0) is 17.4 Å². The van der Waals surface area contributed by atoms with E-state index in [0.717, 1.165) is 35.1 Å². The predicted octanol–water partition coefficient (Wildman–Crippen LogP) is 4.25. The number of rotatable bonds is 8. The van der Waals surface area contributed by atoms with Crippen molar-refractivity contribution in [2.75, 3.05) is 12.3 Å². The van der Waals surface area contributed by atoms with Gasteiger partial charge in [-0.2, -0.15) is 18.3 Å². The molecule has 0 saturated carbocycles. The van der Waals surface area contributed by atoms with Gasteiger partial charge >= 0.3 is 6.18 Å². The van der Waals surface area contributed by atoms with Gasteiger partial charge in [-0.15, -0.1) is 11.8 Å². The van der Waals surface area contributed by atoms with Gasteiger partial charge in [0.05, 0.1) is 33.0 Å². The van der Waals surface area contributed by atoms with Gasteiger partial charge in [0.1, 0.15) is 0 Å². The molecule has 3 rings (SSSR count). The first-order valence-corrected chi connectivity index (χ1v) is 10.1. The maximum absolute atomic E-state index is 12.8. The van der Waals surface area contributed by atoms with E-state index in [4.69, 9.17) is 0 Å². The SMILES string of the molecule is O=C(CSc1ccc(C(F)(F)F)cc1[N+](=O)[O-])NCCc1cnn(-c2ccccc2)c1. The van der Waals surface area contributed by atoms with Crippen LogP contribution in [0.5, 0.6) is 0 Å². The molecule has 1 heterocycles. The molecule has 0 spiro atoms. The Morgan fingerprint density at radius 1 is 1.19 bits per heavy atom. The number of amides is 1. The van der Waals surface area contributed by atoms with Gasteiger partial charge in [0.15, 0.2) is 0 Å². The normalized spacial score (nSPS) is 11.3. The number of halogens is 3. The van der Waals surface area contributed by atoms with Crippen LogP contribution in [0.2, 0.25) is 0 Å². The standard InChI is InChI=1S/C20H17F3N4O3S/c21-20(22,23)15-6-7-18(17(10-15)27(29)30)31-13-19(28)24-9-8-14-11-25-26(12-14)16-4-2-1-3-5-16/h1-7,10-12H,8-9,13H2,(H,24,28). The molecule has 0 aliphatic rings. The number of para-hydroxylation sites is 1. The molecule has 0 aliphatic carbocycles. The lowest BCUT2D eigenvalue weighted by Crippen LogP contribution is -2.27. The smallest absolute Gasteiger partial charge is 0.355 e. The Balaban J connectivity index is 1.51. The van der Waals surface area contributed by atoms with Crippen molar-refractivity contribution < 1.29 is 22.9 Å². The van der Waals surface area contributed by atoms with Crippen LogP contribution in [0.3, 0.4) is 0 Å². The average molecular weight is 450 g/mol. The van der Waals surface area contributed by atoms with E-state index in [1.54, 1.807) is 10.9 Å². The van der Waals surface area contributed by atoms with E-state index < -0.39 is 22.4 Å². The number of carbonyl (C=O) groups is 1. The summed E-state index contributed by atoms with van der Waals surface area (Å²) in [5, 5.41) is 18.1. The van der Waals surface area contributed by atoms with E-state index in [-0.39, 0.29) is 16.6 Å². The molecule has 3 aromatic rings. The second-order valence-corrected chi connectivity index (χ2v) is 7.47. The summed E-state index contributed by atoms with van der Waals surface area (Å²) in [5.74, 6) is -0.537. The molecule has 0 fully saturated rings. The molecule has 1 N–H and O–H groups in total. The van der Waals surface area contributed by atoms with Gasteiger partial charge < -0.3 is 5.32 Å². The molecule has 162 valence electrons. The van der Waals surface area contributed by atoms with Gasteiger partial charge in [0.25, 0.3) is 5.69 Å². The first kappa shape index (κ1) is 22.3. The highest BCUT2D eigenvalue weighted by Crippen LogP contribution is 2.36. The van der Waals surface area contributed by atoms with E-state index in [1.807, 2.05) is 36.5 Å². The van der Waals surface area contributed by atoms with E-state index in [1.165, 1.54) is 0 Å². The number of carbonyl (C=O) groups excluding carboxylic acids is 1. The van der Waals surface area contributed by atoms with Crippen molar-refractivity contribution in [3.05, 3.63) is 82.2 Å². The van der Waals surface area contributed by atoms with E-state index >= 15 is 0 Å². The van der Waals surface area contributed by atoms with Gasteiger partial charge in [-0.3, -0.25) is 14.9 Å². The fraction of sp³-hybridized carbons (Fsp3) is 0.200. The van der Waals surface area contributed by atoms with Crippen molar-refractivity contribution in [1.29, 1.82) is 0 Å². The van der Waals surface area contributed by atoms with Crippen molar-refractivity contribution >= 4 is 23.4 Å². The fourth-order valence-electron chi connectivity index (χ4n) is 2.71. The molecule has 0 bridgehead atoms. The van der Waals surface area contributed by atoms with Crippen LogP contribution >= 0.6 is 11.8 Å². The molecule has 0 atom stereocenters. The molecule has 7 nitrogen and oxygen atoms in total. The molecular formula is C20H17F3N4O3S. The number of thioether (sulfide) groups is 1. The highest BCUT2D eigenvalue weighted by atomic mass is 32.2. The summed E-state index contributed by atoms with van der Waals surface area (Å²) >= 11 is 0.813. The zero-order chi connectivity index (χ0) is 22.4. The topological polar surface area (TPSA) is 90.1 Å². The van der Waals surface area contributed by atoms with Crippen LogP contribution in [0.1, 0.15) is 11.1 Å². The zero-order valence-corrected chi connectivity index (χ0v) is 16.8. The van der Waals surface area contributed by atoms with Crippen LogP contribution in [0.25, 0.3) is 5.69 Å². The van der Waals surface area contributed by atoms with Crippen LogP contribution < -0.4 is 5.32 Å². The average Bonchev–Trinajstić information content (AvgIpc) is 3.21. The van der Waals surface area contributed by atoms with Gasteiger partial charge in [-0.05, 0) is 36.2 Å². The number of nitro benzene ring substituents is 1. The van der Waals surface area contributed by atoms with Crippen molar-refractivity contribution in [3.63, 3.8) is 0 Å². The molecular weight excluding hydrogens is 433 g/mol. The maximum Gasteiger partial charge on any atom is 0.416 e. The number of hydrogen-bond acceptors (Lipinski definition) is 5. The Morgan fingerprint density at radius 2 is 1.94 bits per heavy atom. The molecule has 0 unspecified atom stereocenters. The molecule has 2 aromatic carbocycles. The summed E-state index contributed by atoms with van der Waals surface area (Å²) in [6, 6.07) is 11.8. The minimum absolute atomic E-state index is 0.00251. The summed E-state index contributed by atoms with van der Waals surface area (Å²) in [6.45, 7) is 0.328. The molecule has 1 amide bonds. The quantitative estimate of drug-likeness (QED) is 0.315. The van der Waals surface area contributed by atoms with E-state index in [2.05, 4.69) is 10.4 Å². The molecule has 31 heavy (non-hydrogen) atoms. The molecule has 0 aliphatic heterocycles. The highest BCUT2D eigenvalue weighted by Gasteiger charge is 2.33. The number of benzene rings is 2. The zero-order valence-electron chi connectivity index (χ0n) is 16.0. The lowest BCUT2D eigenvalue weighted by atomic mass is 10.2. The summed E-state index contributed by atoms with van der Waals surface area (Å²) < 4.78 is 40.0. The molecule has 0 saturated heterocycles. The number of nitrogens with zero attached hydrogens (tertiary/aromatic N) is 3. The largest absolute Gasteiger partial charge is 0.416 e. The second kappa shape index (κ2) is 9.65. The lowest BCUT2D eigenvalue weighted by Gasteiger charge is -2.09. The van der Waals surface area contributed by atoms with Crippen molar-refractivity contribution in [1.82, 2.24) is 15.1 Å². The molecule has 11 heteroatoms. The van der Waals surface area contributed by atoms with Crippen molar-refractivity contribution in [2.24, 2.45) is 0 Å². The Bertz CT molecular complexity index is 1070. The third kappa shape index (κ3) is 6.07. The van der Waals surface area contributed by atoms with Crippen LogP contribution in [0.4, 0.5) is 18.9 Å². The van der Waals surface area contributed by atoms with Crippen LogP contribution in [0.15, 0.2) is 65.8 Å². The van der Waals surface area contributed by atoms with E-state index in [9.17, 15) is 28.1 Å². The van der Waals surface area contributed by atoms with Gasteiger partial charge in [-0.1, -0.05) is 18.2 Å². The number of nitrogens with one attached hydrogen (secondary N) is 1. The third-order valence-electron chi connectivity index (χ3n) is 4.23. The van der Waals surface area contributed by atoms with E-state index in [0.29, 0.717) is 19.0 Å². The molecule has 0 radical (unpaired) electrons. The lowest BCUT2D eigenvalue weighted by molar-refractivity contribution is -0.388. The van der Waals surface area contributed by atoms with Gasteiger partial charge in [0.2, 0.25) is 5.91 Å². The minimum Gasteiger partial charge on any atom is -0.355 e. The highest BCUT2D eigenvalue weighted by molar-refractivity contribution is 8.00. The fourth-order valence-corrected chi connectivity index (χ4v) is 3.54. The third-order valence-corrected chi connectivity index (χ3v) is 5.30. The van der Waals surface area contributed by atoms with Crippen LogP contribution in [-0.4, -0.2) is 32.9 Å². The number of nitro groups is 1.